The van der Waals surface area contributed by atoms with E-state index in [4.69, 9.17) is 28.5 Å². The van der Waals surface area contributed by atoms with Gasteiger partial charge in [0.25, 0.3) is 5.91 Å². The molecule has 5 nitrogen and oxygen atoms in total. The van der Waals surface area contributed by atoms with Crippen LogP contribution in [0.4, 0.5) is 5.82 Å². The molecule has 23 heavy (non-hydrogen) atoms. The third-order valence-electron chi connectivity index (χ3n) is 2.85. The van der Waals surface area contributed by atoms with Crippen molar-refractivity contribution in [1.82, 2.24) is 10.3 Å². The minimum Gasteiger partial charge on any atom is -0.347 e. The van der Waals surface area contributed by atoms with Gasteiger partial charge in [-0.05, 0) is 23.8 Å². The molecule has 2 aromatic rings. The Labute approximate surface area is 143 Å². The molecule has 0 spiro atoms. The van der Waals surface area contributed by atoms with Crippen LogP contribution in [0.25, 0.3) is 0 Å². The first kappa shape index (κ1) is 16.8. The molecule has 1 aromatic heterocycles. The minimum absolute atomic E-state index is 0.0844. The highest BCUT2D eigenvalue weighted by Crippen LogP contribution is 2.15. The molecule has 0 bridgehead atoms. The summed E-state index contributed by atoms with van der Waals surface area (Å²) in [7, 11) is 0. The van der Waals surface area contributed by atoms with Crippen molar-refractivity contribution in [3.63, 3.8) is 0 Å². The van der Waals surface area contributed by atoms with Crippen molar-refractivity contribution in [3.8, 4) is 6.07 Å². The van der Waals surface area contributed by atoms with Crippen LogP contribution in [0.15, 0.2) is 54.4 Å². The number of carbonyl (C=O) groups excluding carboxylic acids is 1. The van der Waals surface area contributed by atoms with E-state index >= 15 is 0 Å². The lowest BCUT2D eigenvalue weighted by atomic mass is 10.2. The molecule has 1 amide bonds. The summed E-state index contributed by atoms with van der Waals surface area (Å²) in [5, 5.41) is 15.5. The number of carbonyl (C=O) groups is 1. The van der Waals surface area contributed by atoms with E-state index < -0.39 is 5.91 Å². The van der Waals surface area contributed by atoms with Crippen LogP contribution in [0.1, 0.15) is 5.56 Å². The molecule has 0 saturated carbocycles. The molecule has 1 aromatic carbocycles. The number of hydrogen-bond acceptors (Lipinski definition) is 4. The summed E-state index contributed by atoms with van der Waals surface area (Å²) in [6.07, 6.45) is 2.79. The van der Waals surface area contributed by atoms with Crippen molar-refractivity contribution >= 4 is 34.9 Å². The van der Waals surface area contributed by atoms with E-state index in [-0.39, 0.29) is 12.1 Å². The van der Waals surface area contributed by atoms with Crippen LogP contribution in [-0.2, 0) is 11.3 Å². The smallest absolute Gasteiger partial charge is 0.263 e. The first-order valence-corrected chi connectivity index (χ1v) is 7.35. The molecule has 7 heteroatoms. The van der Waals surface area contributed by atoms with E-state index in [1.54, 1.807) is 30.3 Å². The third kappa shape index (κ3) is 4.99. The summed E-state index contributed by atoms with van der Waals surface area (Å²) in [5.41, 5.74) is 0.683. The molecule has 2 N–H and O–H groups in total. The number of nitrogens with zero attached hydrogens (tertiary/aromatic N) is 2. The number of nitriles is 1. The normalized spacial score (nSPS) is 10.7. The van der Waals surface area contributed by atoms with Crippen LogP contribution < -0.4 is 10.6 Å². The van der Waals surface area contributed by atoms with Gasteiger partial charge < -0.3 is 10.6 Å². The molecule has 1 heterocycles. The molecular weight excluding hydrogens is 335 g/mol. The zero-order valence-corrected chi connectivity index (χ0v) is 13.4. The van der Waals surface area contributed by atoms with Crippen LogP contribution in [0.3, 0.4) is 0 Å². The van der Waals surface area contributed by atoms with Crippen molar-refractivity contribution in [2.75, 3.05) is 5.32 Å². The second-order valence-corrected chi connectivity index (χ2v) is 5.29. The lowest BCUT2D eigenvalue weighted by Crippen LogP contribution is -2.24. The molecule has 0 fully saturated rings. The largest absolute Gasteiger partial charge is 0.347 e. The number of hydrogen-bond donors (Lipinski definition) is 2. The lowest BCUT2D eigenvalue weighted by Gasteiger charge is -2.06. The fraction of sp³-hybridized carbons (Fsp3) is 0.0625. The second-order valence-electron chi connectivity index (χ2n) is 4.45. The monoisotopic (exact) mass is 346 g/mol. The maximum Gasteiger partial charge on any atom is 0.263 e. The van der Waals surface area contributed by atoms with E-state index in [0.29, 0.717) is 15.9 Å². The number of pyridine rings is 1. The standard InChI is InChI=1S/C16H12Cl2N4O/c17-13-5-6-20-15(7-13)21-10-12(8-19)16(23)22-9-11-3-1-2-4-14(11)18/h1-7,10H,9H2,(H,20,21)(H,22,23)/b12-10-. The Morgan fingerprint density at radius 2 is 2.09 bits per heavy atom. The number of nitrogens with one attached hydrogen (secondary N) is 2. The van der Waals surface area contributed by atoms with Gasteiger partial charge in [-0.15, -0.1) is 0 Å². The number of rotatable bonds is 5. The molecule has 0 aliphatic heterocycles. The number of benzene rings is 1. The molecule has 0 aliphatic carbocycles. The van der Waals surface area contributed by atoms with Crippen LogP contribution in [0, 0.1) is 11.3 Å². The fourth-order valence-electron chi connectivity index (χ4n) is 1.69. The Balaban J connectivity index is 2.00. The Hall–Kier alpha value is -2.55. The molecule has 0 aliphatic rings. The molecule has 0 saturated heterocycles. The summed E-state index contributed by atoms with van der Waals surface area (Å²) in [5.74, 6) is -0.0777. The molecule has 0 atom stereocenters. The van der Waals surface area contributed by atoms with Crippen molar-refractivity contribution in [1.29, 1.82) is 5.26 Å². The van der Waals surface area contributed by atoms with Gasteiger partial charge in [-0.1, -0.05) is 41.4 Å². The second kappa shape index (κ2) is 8.18. The van der Waals surface area contributed by atoms with E-state index in [0.717, 1.165) is 5.56 Å². The maximum absolute atomic E-state index is 12.0. The number of amides is 1. The van der Waals surface area contributed by atoms with Crippen molar-refractivity contribution in [2.45, 2.75) is 6.54 Å². The van der Waals surface area contributed by atoms with Gasteiger partial charge in [-0.3, -0.25) is 4.79 Å². The molecule has 0 unspecified atom stereocenters. The van der Waals surface area contributed by atoms with Crippen molar-refractivity contribution in [3.05, 3.63) is 70.0 Å². The van der Waals surface area contributed by atoms with E-state index in [2.05, 4.69) is 15.6 Å². The molecular formula is C16H12Cl2N4O. The van der Waals surface area contributed by atoms with E-state index in [1.807, 2.05) is 12.1 Å². The molecule has 116 valence electrons. The number of anilines is 1. The van der Waals surface area contributed by atoms with E-state index in [9.17, 15) is 4.79 Å². The van der Waals surface area contributed by atoms with E-state index in [1.165, 1.54) is 12.4 Å². The van der Waals surface area contributed by atoms with Gasteiger partial charge in [0, 0.05) is 29.0 Å². The van der Waals surface area contributed by atoms with Gasteiger partial charge in [0.1, 0.15) is 17.5 Å². The van der Waals surface area contributed by atoms with Gasteiger partial charge in [0.15, 0.2) is 0 Å². The van der Waals surface area contributed by atoms with Crippen LogP contribution in [0.5, 0.6) is 0 Å². The molecule has 2 rings (SSSR count). The summed E-state index contributed by atoms with van der Waals surface area (Å²) in [6, 6.07) is 12.2. The lowest BCUT2D eigenvalue weighted by molar-refractivity contribution is -0.117. The fourth-order valence-corrected chi connectivity index (χ4v) is 2.05. The van der Waals surface area contributed by atoms with Crippen LogP contribution in [-0.4, -0.2) is 10.9 Å². The Bertz CT molecular complexity index is 784. The van der Waals surface area contributed by atoms with Crippen molar-refractivity contribution in [2.24, 2.45) is 0 Å². The average Bonchev–Trinajstić information content (AvgIpc) is 2.55. The Kier molecular flexibility index (Phi) is 5.98. The zero-order valence-electron chi connectivity index (χ0n) is 11.9. The summed E-state index contributed by atoms with van der Waals surface area (Å²) in [4.78, 5) is 16.0. The summed E-state index contributed by atoms with van der Waals surface area (Å²) >= 11 is 11.8. The maximum atomic E-state index is 12.0. The predicted octanol–water partition coefficient (Wildman–Crippen LogP) is 3.52. The first-order chi connectivity index (χ1) is 11.1. The summed E-state index contributed by atoms with van der Waals surface area (Å²) < 4.78 is 0. The van der Waals surface area contributed by atoms with Gasteiger partial charge >= 0.3 is 0 Å². The van der Waals surface area contributed by atoms with Crippen molar-refractivity contribution < 1.29 is 4.79 Å². The first-order valence-electron chi connectivity index (χ1n) is 6.60. The quantitative estimate of drug-likeness (QED) is 0.641. The predicted molar refractivity (Wildman–Crippen MR) is 89.9 cm³/mol. The Morgan fingerprint density at radius 1 is 1.30 bits per heavy atom. The minimum atomic E-state index is -0.512. The highest BCUT2D eigenvalue weighted by molar-refractivity contribution is 6.31. The van der Waals surface area contributed by atoms with Crippen LogP contribution >= 0.6 is 23.2 Å². The van der Waals surface area contributed by atoms with Gasteiger partial charge in [-0.25, -0.2) is 4.98 Å². The summed E-state index contributed by atoms with van der Waals surface area (Å²) in [6.45, 7) is 0.229. The van der Waals surface area contributed by atoms with Gasteiger partial charge in [-0.2, -0.15) is 5.26 Å². The number of halogens is 2. The number of aromatic nitrogens is 1. The highest BCUT2D eigenvalue weighted by Gasteiger charge is 2.09. The van der Waals surface area contributed by atoms with Gasteiger partial charge in [0.2, 0.25) is 0 Å². The third-order valence-corrected chi connectivity index (χ3v) is 3.45. The van der Waals surface area contributed by atoms with Gasteiger partial charge in [0.05, 0.1) is 0 Å². The average molecular weight is 347 g/mol. The molecule has 0 radical (unpaired) electrons. The SMILES string of the molecule is N#C/C(=C/Nc1cc(Cl)ccn1)C(=O)NCc1ccccc1Cl. The van der Waals surface area contributed by atoms with Crippen LogP contribution in [0.2, 0.25) is 10.0 Å². The highest BCUT2D eigenvalue weighted by atomic mass is 35.5. The topological polar surface area (TPSA) is 77.8 Å². The Morgan fingerprint density at radius 3 is 2.78 bits per heavy atom. The zero-order chi connectivity index (χ0) is 16.7.